The van der Waals surface area contributed by atoms with Gasteiger partial charge in [0.25, 0.3) is 0 Å². The molecule has 0 aliphatic carbocycles. The van der Waals surface area contributed by atoms with Crippen LogP contribution in [0.2, 0.25) is 0 Å². The number of aromatic nitrogens is 2. The zero-order valence-electron chi connectivity index (χ0n) is 11.0. The summed E-state index contributed by atoms with van der Waals surface area (Å²) in [6.45, 7) is 0.172. The third-order valence-electron chi connectivity index (χ3n) is 2.91. The molecule has 0 aliphatic heterocycles. The van der Waals surface area contributed by atoms with Crippen LogP contribution in [0.3, 0.4) is 0 Å². The van der Waals surface area contributed by atoms with Gasteiger partial charge in [-0.3, -0.25) is 4.98 Å². The van der Waals surface area contributed by atoms with Crippen molar-refractivity contribution in [3.8, 4) is 0 Å². The molecule has 0 bridgehead atoms. The molecule has 0 N–H and O–H groups in total. The molecular formula is C16H14N2. The molecule has 0 spiro atoms. The van der Waals surface area contributed by atoms with Crippen LogP contribution in [0.5, 0.6) is 0 Å². The van der Waals surface area contributed by atoms with Gasteiger partial charge in [0.1, 0.15) is 0 Å². The van der Waals surface area contributed by atoms with Gasteiger partial charge in [-0.05, 0) is 36.6 Å². The third kappa shape index (κ3) is 2.23. The first-order valence-electron chi connectivity index (χ1n) is 6.63. The summed E-state index contributed by atoms with van der Waals surface area (Å²) in [5.41, 5.74) is 4.97. The fraction of sp³-hybridized carbons (Fsp3) is 0.125. The van der Waals surface area contributed by atoms with E-state index in [2.05, 4.69) is 34.2 Å². The maximum absolute atomic E-state index is 7.35. The minimum absolute atomic E-state index is 0.172. The highest BCUT2D eigenvalue weighted by molar-refractivity contribution is 5.74. The summed E-state index contributed by atoms with van der Waals surface area (Å²) in [7, 11) is 0. The maximum Gasteiger partial charge on any atom is 0.0892 e. The number of aryl methyl sites for hydroxylation is 1. The highest BCUT2D eigenvalue weighted by atomic mass is 14.8. The van der Waals surface area contributed by atoms with Gasteiger partial charge in [0, 0.05) is 7.57 Å². The number of nitrogens with zero attached hydrogens (tertiary/aromatic N) is 2. The molecule has 1 heterocycles. The number of hydrogen-bond donors (Lipinski definition) is 0. The summed E-state index contributed by atoms with van der Waals surface area (Å²) in [5.74, 6) is 0. The molecule has 0 unspecified atom stereocenters. The van der Waals surface area contributed by atoms with Crippen molar-refractivity contribution in [3.63, 3.8) is 0 Å². The summed E-state index contributed by atoms with van der Waals surface area (Å²) in [6, 6.07) is 16.5. The van der Waals surface area contributed by atoms with Gasteiger partial charge in [-0.25, -0.2) is 4.98 Å². The Kier molecular flexibility index (Phi) is 2.48. The summed E-state index contributed by atoms with van der Waals surface area (Å²) in [5, 5.41) is 0. The molecule has 0 amide bonds. The first-order chi connectivity index (χ1) is 9.35. The molecule has 0 radical (unpaired) electrons. The second-order valence-corrected chi connectivity index (χ2v) is 4.35. The van der Waals surface area contributed by atoms with Crippen LogP contribution >= 0.6 is 0 Å². The number of hydrogen-bond acceptors (Lipinski definition) is 2. The van der Waals surface area contributed by atoms with Gasteiger partial charge in [0.05, 0.1) is 16.7 Å². The zero-order chi connectivity index (χ0) is 13.1. The highest BCUT2D eigenvalue weighted by Gasteiger charge is 2.00. The van der Waals surface area contributed by atoms with Gasteiger partial charge in [-0.2, -0.15) is 0 Å². The largest absolute Gasteiger partial charge is 0.253 e. The van der Waals surface area contributed by atoms with Crippen molar-refractivity contribution in [1.82, 2.24) is 9.97 Å². The van der Waals surface area contributed by atoms with Crippen LogP contribution in [0.4, 0.5) is 0 Å². The van der Waals surface area contributed by atoms with Crippen LogP contribution in [-0.4, -0.2) is 9.97 Å². The fourth-order valence-electron chi connectivity index (χ4n) is 2.04. The Morgan fingerprint density at radius 2 is 1.89 bits per heavy atom. The van der Waals surface area contributed by atoms with E-state index >= 15 is 0 Å². The molecule has 2 aromatic carbocycles. The molecule has 2 heteroatoms. The lowest BCUT2D eigenvalue weighted by Gasteiger charge is -2.04. The highest BCUT2D eigenvalue weighted by Crippen LogP contribution is 2.15. The second-order valence-electron chi connectivity index (χ2n) is 4.35. The SMILES string of the molecule is [2H]Cc1cnc2ccc(Cc3ccccc3)cc2n1. The lowest BCUT2D eigenvalue weighted by molar-refractivity contribution is 1.16. The molecule has 18 heavy (non-hydrogen) atoms. The van der Waals surface area contributed by atoms with Crippen LogP contribution in [-0.2, 0) is 6.42 Å². The third-order valence-corrected chi connectivity index (χ3v) is 2.91. The van der Waals surface area contributed by atoms with Gasteiger partial charge in [0.2, 0.25) is 0 Å². The molecule has 0 aliphatic rings. The normalized spacial score (nSPS) is 11.4. The van der Waals surface area contributed by atoms with Crippen molar-refractivity contribution < 1.29 is 1.37 Å². The quantitative estimate of drug-likeness (QED) is 0.679. The van der Waals surface area contributed by atoms with Gasteiger partial charge >= 0.3 is 0 Å². The van der Waals surface area contributed by atoms with E-state index in [1.807, 2.05) is 24.3 Å². The van der Waals surface area contributed by atoms with E-state index in [0.29, 0.717) is 5.69 Å². The molecule has 3 rings (SSSR count). The van der Waals surface area contributed by atoms with E-state index in [1.165, 1.54) is 11.1 Å². The zero-order valence-corrected chi connectivity index (χ0v) is 10.0. The van der Waals surface area contributed by atoms with Gasteiger partial charge in [-0.15, -0.1) is 0 Å². The van der Waals surface area contributed by atoms with E-state index in [9.17, 15) is 0 Å². The van der Waals surface area contributed by atoms with E-state index in [-0.39, 0.29) is 6.90 Å². The Hall–Kier alpha value is -2.22. The van der Waals surface area contributed by atoms with E-state index in [0.717, 1.165) is 17.5 Å². The van der Waals surface area contributed by atoms with Crippen molar-refractivity contribution in [2.24, 2.45) is 0 Å². The molecule has 88 valence electrons. The van der Waals surface area contributed by atoms with E-state index < -0.39 is 0 Å². The van der Waals surface area contributed by atoms with Gasteiger partial charge in [-0.1, -0.05) is 36.4 Å². The lowest BCUT2D eigenvalue weighted by atomic mass is 10.0. The molecule has 0 atom stereocenters. The smallest absolute Gasteiger partial charge is 0.0892 e. The molecule has 1 aromatic heterocycles. The summed E-state index contributed by atoms with van der Waals surface area (Å²) in [4.78, 5) is 8.76. The maximum atomic E-state index is 7.35. The minimum atomic E-state index is 0.172. The van der Waals surface area contributed by atoms with Crippen molar-refractivity contribution in [2.75, 3.05) is 0 Å². The monoisotopic (exact) mass is 235 g/mol. The van der Waals surface area contributed by atoms with E-state index in [1.54, 1.807) is 6.20 Å². The van der Waals surface area contributed by atoms with E-state index in [4.69, 9.17) is 1.37 Å². The van der Waals surface area contributed by atoms with Crippen LogP contribution in [0.25, 0.3) is 11.0 Å². The predicted molar refractivity (Wildman–Crippen MR) is 73.5 cm³/mol. The Bertz CT molecular complexity index is 695. The predicted octanol–water partition coefficient (Wildman–Crippen LogP) is 3.53. The molecular weight excluding hydrogens is 220 g/mol. The number of fused-ring (bicyclic) bond motifs is 1. The topological polar surface area (TPSA) is 25.8 Å². The average molecular weight is 235 g/mol. The first-order valence-corrected chi connectivity index (χ1v) is 5.93. The lowest BCUT2D eigenvalue weighted by Crippen LogP contribution is -1.91. The fourth-order valence-corrected chi connectivity index (χ4v) is 2.04. The number of rotatable bonds is 2. The van der Waals surface area contributed by atoms with Gasteiger partial charge < -0.3 is 0 Å². The van der Waals surface area contributed by atoms with Gasteiger partial charge in [0.15, 0.2) is 0 Å². The average Bonchev–Trinajstić information content (AvgIpc) is 2.47. The summed E-state index contributed by atoms with van der Waals surface area (Å²) in [6.07, 6.45) is 2.57. The molecule has 0 saturated carbocycles. The van der Waals surface area contributed by atoms with Crippen LogP contribution in [0.1, 0.15) is 18.2 Å². The summed E-state index contributed by atoms with van der Waals surface area (Å²) >= 11 is 0. The molecule has 2 nitrogen and oxygen atoms in total. The molecule has 0 fully saturated rings. The summed E-state index contributed by atoms with van der Waals surface area (Å²) < 4.78 is 7.35. The number of benzene rings is 2. The molecule has 3 aromatic rings. The Morgan fingerprint density at radius 1 is 1.00 bits per heavy atom. The Labute approximate surface area is 108 Å². The first kappa shape index (κ1) is 9.77. The molecule has 0 saturated heterocycles. The van der Waals surface area contributed by atoms with Crippen molar-refractivity contribution in [2.45, 2.75) is 13.3 Å². The Morgan fingerprint density at radius 3 is 2.72 bits per heavy atom. The van der Waals surface area contributed by atoms with Crippen molar-refractivity contribution >= 4 is 11.0 Å². The standard InChI is InChI=1S/C16H14N2/c1-12-11-17-15-8-7-14(10-16(15)18-12)9-13-5-3-2-4-6-13/h2-8,10-11H,9H2,1H3/i1D. The second kappa shape index (κ2) is 4.57. The van der Waals surface area contributed by atoms with Crippen molar-refractivity contribution in [1.29, 1.82) is 0 Å². The Balaban J connectivity index is 1.96. The van der Waals surface area contributed by atoms with Crippen LogP contribution < -0.4 is 0 Å². The van der Waals surface area contributed by atoms with Crippen LogP contribution in [0, 0.1) is 6.90 Å². The van der Waals surface area contributed by atoms with Crippen LogP contribution in [0.15, 0.2) is 54.7 Å². The van der Waals surface area contributed by atoms with Crippen molar-refractivity contribution in [3.05, 3.63) is 71.5 Å². The minimum Gasteiger partial charge on any atom is -0.253 e.